The smallest absolute Gasteiger partial charge is 0.302 e. The van der Waals surface area contributed by atoms with Crippen LogP contribution in [0.3, 0.4) is 0 Å². The first-order chi connectivity index (χ1) is 14.6. The molecule has 0 bridgehead atoms. The van der Waals surface area contributed by atoms with E-state index in [1.54, 1.807) is 0 Å². The topological polar surface area (TPSA) is 32.8 Å². The van der Waals surface area contributed by atoms with E-state index in [0.29, 0.717) is 6.61 Å². The fourth-order valence-electron chi connectivity index (χ4n) is 4.01. The van der Waals surface area contributed by atoms with Gasteiger partial charge in [0.15, 0.2) is 0 Å². The van der Waals surface area contributed by atoms with Gasteiger partial charge in [0.25, 0.3) is 0 Å². The first-order valence-corrected chi connectivity index (χ1v) is 11.6. The minimum absolute atomic E-state index is 0. The first kappa shape index (κ1) is 24.1. The Morgan fingerprint density at radius 1 is 1.03 bits per heavy atom. The zero-order chi connectivity index (χ0) is 20.9. The van der Waals surface area contributed by atoms with Crippen molar-refractivity contribution in [1.82, 2.24) is 9.80 Å². The van der Waals surface area contributed by atoms with Gasteiger partial charge in [0, 0.05) is 61.0 Å². The number of ether oxygens (including phenoxy) is 1. The third-order valence-electron chi connectivity index (χ3n) is 5.60. The molecule has 7 heteroatoms. The highest BCUT2D eigenvalue weighted by Gasteiger charge is 2.21. The molecule has 2 heterocycles. The maximum Gasteiger partial charge on any atom is 0.302 e. The van der Waals surface area contributed by atoms with E-state index in [-0.39, 0.29) is 18.4 Å². The van der Waals surface area contributed by atoms with Crippen LogP contribution in [0.4, 0.5) is 0 Å². The molecule has 2 aliphatic rings. The average molecular weight is 479 g/mol. The number of benzene rings is 2. The molecule has 1 fully saturated rings. The van der Waals surface area contributed by atoms with Gasteiger partial charge in [-0.3, -0.25) is 9.69 Å². The molecule has 0 radical (unpaired) electrons. The molecule has 1 saturated heterocycles. The Hall–Kier alpha value is -1.50. The standard InChI is InChI=1S/C24H27ClN2O2S.ClH/c1-18(28)29-16-15-27-13-11-26(12-14-27)10-4-6-20-21-5-2-3-7-23(21)30-24-9-8-19(25)17-22(20)24;/h2-3,5-9,17H,4,10-16H2,1H3;1H/b20-6+;. The van der Waals surface area contributed by atoms with Crippen molar-refractivity contribution in [3.8, 4) is 0 Å². The molecule has 166 valence electrons. The van der Waals surface area contributed by atoms with Crippen LogP contribution in [0.15, 0.2) is 58.3 Å². The lowest BCUT2D eigenvalue weighted by atomic mass is 9.96. The third-order valence-corrected chi connectivity index (χ3v) is 6.99. The minimum Gasteiger partial charge on any atom is -0.465 e. The van der Waals surface area contributed by atoms with E-state index >= 15 is 0 Å². The van der Waals surface area contributed by atoms with Gasteiger partial charge in [-0.25, -0.2) is 0 Å². The third kappa shape index (κ3) is 6.27. The lowest BCUT2D eigenvalue weighted by Gasteiger charge is -2.34. The summed E-state index contributed by atoms with van der Waals surface area (Å²) in [4.78, 5) is 18.4. The molecule has 0 aliphatic carbocycles. The van der Waals surface area contributed by atoms with E-state index in [0.717, 1.165) is 50.7 Å². The van der Waals surface area contributed by atoms with Gasteiger partial charge in [0.1, 0.15) is 6.61 Å². The van der Waals surface area contributed by atoms with Gasteiger partial charge < -0.3 is 9.64 Å². The van der Waals surface area contributed by atoms with Crippen LogP contribution in [0, 0.1) is 0 Å². The van der Waals surface area contributed by atoms with E-state index in [4.69, 9.17) is 16.3 Å². The van der Waals surface area contributed by atoms with Gasteiger partial charge in [0.2, 0.25) is 0 Å². The summed E-state index contributed by atoms with van der Waals surface area (Å²) >= 11 is 8.13. The molecule has 0 saturated carbocycles. The molecule has 2 aromatic rings. The lowest BCUT2D eigenvalue weighted by molar-refractivity contribution is -0.141. The second kappa shape index (κ2) is 11.4. The monoisotopic (exact) mass is 478 g/mol. The molecule has 2 aliphatic heterocycles. The highest BCUT2D eigenvalue weighted by molar-refractivity contribution is 7.99. The molecule has 4 rings (SSSR count). The summed E-state index contributed by atoms with van der Waals surface area (Å²) in [7, 11) is 0. The van der Waals surface area contributed by atoms with Crippen LogP contribution in [-0.2, 0) is 9.53 Å². The number of rotatable bonds is 6. The minimum atomic E-state index is -0.202. The van der Waals surface area contributed by atoms with Crippen molar-refractivity contribution < 1.29 is 9.53 Å². The van der Waals surface area contributed by atoms with Gasteiger partial charge in [0.05, 0.1) is 0 Å². The molecule has 4 nitrogen and oxygen atoms in total. The van der Waals surface area contributed by atoms with Crippen molar-refractivity contribution in [2.45, 2.75) is 23.1 Å². The summed E-state index contributed by atoms with van der Waals surface area (Å²) in [5.41, 5.74) is 3.83. The molecule has 0 spiro atoms. The second-order valence-electron chi connectivity index (χ2n) is 7.67. The number of carbonyl (C=O) groups is 1. The van der Waals surface area contributed by atoms with Crippen LogP contribution in [0.1, 0.15) is 24.5 Å². The molecule has 0 unspecified atom stereocenters. The second-order valence-corrected chi connectivity index (χ2v) is 9.19. The van der Waals surface area contributed by atoms with Crippen molar-refractivity contribution in [1.29, 1.82) is 0 Å². The molecule has 0 N–H and O–H groups in total. The SMILES string of the molecule is CC(=O)OCCN1CCN(CC/C=C2\c3ccccc3Sc3ccc(Cl)cc32)CC1.Cl. The van der Waals surface area contributed by atoms with Crippen LogP contribution in [0.5, 0.6) is 0 Å². The van der Waals surface area contributed by atoms with Gasteiger partial charge in [-0.15, -0.1) is 12.4 Å². The Bertz CT molecular complexity index is 943. The summed E-state index contributed by atoms with van der Waals surface area (Å²) in [5, 5.41) is 0.782. The molecule has 2 aromatic carbocycles. The molecular weight excluding hydrogens is 451 g/mol. The summed E-state index contributed by atoms with van der Waals surface area (Å²) in [6.07, 6.45) is 3.38. The number of esters is 1. The Balaban J connectivity index is 0.00000272. The van der Waals surface area contributed by atoms with Gasteiger partial charge >= 0.3 is 5.97 Å². The molecule has 0 amide bonds. The average Bonchev–Trinajstić information content (AvgIpc) is 2.74. The van der Waals surface area contributed by atoms with E-state index in [9.17, 15) is 4.79 Å². The van der Waals surface area contributed by atoms with Crippen LogP contribution >= 0.6 is 35.8 Å². The van der Waals surface area contributed by atoms with E-state index in [1.807, 2.05) is 17.8 Å². The van der Waals surface area contributed by atoms with Gasteiger partial charge in [-0.1, -0.05) is 47.6 Å². The number of halogens is 2. The van der Waals surface area contributed by atoms with E-state index in [2.05, 4.69) is 52.3 Å². The highest BCUT2D eigenvalue weighted by atomic mass is 35.5. The molecular formula is C24H28Cl2N2O2S. The number of piperazine rings is 1. The summed E-state index contributed by atoms with van der Waals surface area (Å²) in [5.74, 6) is -0.202. The van der Waals surface area contributed by atoms with Gasteiger partial charge in [-0.2, -0.15) is 0 Å². The Labute approximate surface area is 200 Å². The number of fused-ring (bicyclic) bond motifs is 2. The number of nitrogens with zero attached hydrogens (tertiary/aromatic N) is 2. The van der Waals surface area contributed by atoms with Crippen LogP contribution in [-0.4, -0.2) is 61.6 Å². The van der Waals surface area contributed by atoms with E-state index in [1.165, 1.54) is 33.4 Å². The predicted octanol–water partition coefficient (Wildman–Crippen LogP) is 5.23. The molecule has 0 atom stereocenters. The van der Waals surface area contributed by atoms with Crippen molar-refractivity contribution in [3.63, 3.8) is 0 Å². The molecule has 0 aromatic heterocycles. The lowest BCUT2D eigenvalue weighted by Crippen LogP contribution is -2.47. The van der Waals surface area contributed by atoms with Crippen LogP contribution in [0.25, 0.3) is 5.57 Å². The summed E-state index contributed by atoms with van der Waals surface area (Å²) < 4.78 is 5.06. The highest BCUT2D eigenvalue weighted by Crippen LogP contribution is 2.46. The Kier molecular flexibility index (Phi) is 8.87. The van der Waals surface area contributed by atoms with Crippen molar-refractivity contribution in [3.05, 3.63) is 64.7 Å². The largest absolute Gasteiger partial charge is 0.465 e. The maximum atomic E-state index is 10.9. The quantitative estimate of drug-likeness (QED) is 0.453. The Morgan fingerprint density at radius 2 is 1.71 bits per heavy atom. The first-order valence-electron chi connectivity index (χ1n) is 10.5. The fraction of sp³-hybridized carbons (Fsp3) is 0.375. The van der Waals surface area contributed by atoms with Crippen LogP contribution < -0.4 is 0 Å². The van der Waals surface area contributed by atoms with E-state index < -0.39 is 0 Å². The van der Waals surface area contributed by atoms with Crippen LogP contribution in [0.2, 0.25) is 5.02 Å². The van der Waals surface area contributed by atoms with Crippen molar-refractivity contribution in [2.75, 3.05) is 45.9 Å². The number of carbonyl (C=O) groups excluding carboxylic acids is 1. The summed E-state index contributed by atoms with van der Waals surface area (Å²) in [6, 6.07) is 14.8. The molecule has 31 heavy (non-hydrogen) atoms. The van der Waals surface area contributed by atoms with Crippen molar-refractivity contribution in [2.24, 2.45) is 0 Å². The summed E-state index contributed by atoms with van der Waals surface area (Å²) in [6.45, 7) is 7.97. The Morgan fingerprint density at radius 3 is 2.45 bits per heavy atom. The van der Waals surface area contributed by atoms with Gasteiger partial charge in [-0.05, 0) is 47.4 Å². The zero-order valence-corrected chi connectivity index (χ0v) is 20.1. The van der Waals surface area contributed by atoms with Crippen molar-refractivity contribution >= 4 is 47.3 Å². The maximum absolute atomic E-state index is 10.9. The predicted molar refractivity (Wildman–Crippen MR) is 130 cm³/mol. The fourth-order valence-corrected chi connectivity index (χ4v) is 5.27. The zero-order valence-electron chi connectivity index (χ0n) is 17.7. The number of hydrogen-bond acceptors (Lipinski definition) is 5. The number of hydrogen-bond donors (Lipinski definition) is 0. The normalized spacial score (nSPS) is 17.5.